The lowest BCUT2D eigenvalue weighted by Crippen LogP contribution is -2.39. The number of halogens is 1. The zero-order valence-electron chi connectivity index (χ0n) is 17.4. The minimum absolute atomic E-state index is 0.208. The molecule has 2 heterocycles. The minimum Gasteiger partial charge on any atom is -0.444 e. The second kappa shape index (κ2) is 7.95. The number of rotatable bonds is 2. The van der Waals surface area contributed by atoms with E-state index in [1.165, 1.54) is 4.90 Å². The van der Waals surface area contributed by atoms with Crippen LogP contribution >= 0.6 is 23.8 Å². The van der Waals surface area contributed by atoms with Gasteiger partial charge in [0.15, 0.2) is 5.11 Å². The van der Waals surface area contributed by atoms with Crippen molar-refractivity contribution < 1.29 is 14.3 Å². The molecule has 0 N–H and O–H groups in total. The summed E-state index contributed by atoms with van der Waals surface area (Å²) < 4.78 is 5.52. The maximum Gasteiger partial charge on any atom is 0.410 e. The fraction of sp³-hybridized carbons (Fsp3) is 0.476. The van der Waals surface area contributed by atoms with Crippen molar-refractivity contribution in [3.05, 3.63) is 40.6 Å². The fourth-order valence-corrected chi connectivity index (χ4v) is 4.06. The molecular weight excluding hydrogens is 410 g/mol. The zero-order chi connectivity index (χ0) is 21.5. The van der Waals surface area contributed by atoms with E-state index in [4.69, 9.17) is 28.6 Å². The Morgan fingerprint density at radius 3 is 2.66 bits per heavy atom. The summed E-state index contributed by atoms with van der Waals surface area (Å²) in [6.07, 6.45) is 3.10. The van der Waals surface area contributed by atoms with E-state index in [1.54, 1.807) is 35.0 Å². The molecule has 1 atom stereocenters. The van der Waals surface area contributed by atoms with Crippen molar-refractivity contribution >= 4 is 46.6 Å². The maximum atomic E-state index is 13.2. The Hall–Kier alpha value is -2.12. The lowest BCUT2D eigenvalue weighted by molar-refractivity contribution is -0.114. The first-order valence-electron chi connectivity index (χ1n) is 9.59. The monoisotopic (exact) mass is 435 g/mol. The summed E-state index contributed by atoms with van der Waals surface area (Å²) in [6.45, 7) is 8.01. The van der Waals surface area contributed by atoms with Crippen LogP contribution in [0.4, 0.5) is 10.5 Å². The van der Waals surface area contributed by atoms with Crippen LogP contribution in [0.1, 0.15) is 39.2 Å². The van der Waals surface area contributed by atoms with Gasteiger partial charge in [-0.1, -0.05) is 11.6 Å². The van der Waals surface area contributed by atoms with Crippen molar-refractivity contribution in [1.82, 2.24) is 9.80 Å². The van der Waals surface area contributed by atoms with Gasteiger partial charge < -0.3 is 14.5 Å². The molecule has 156 valence electrons. The standard InChI is InChI=1S/C21H26ClN3O3S/c1-13-11-14(22)8-9-16(13)25-18(26)17(23(5)19(25)29)12-15-7-6-10-24(15)20(27)28-21(2,3)4/h8-9,11-12,15H,6-7,10H2,1-5H3/b17-12+. The molecule has 29 heavy (non-hydrogen) atoms. The van der Waals surface area contributed by atoms with Crippen molar-refractivity contribution in [2.24, 2.45) is 0 Å². The Balaban J connectivity index is 1.88. The molecule has 3 rings (SSSR count). The number of thiocarbonyl (C=S) groups is 1. The van der Waals surface area contributed by atoms with E-state index >= 15 is 0 Å². The smallest absolute Gasteiger partial charge is 0.410 e. The van der Waals surface area contributed by atoms with E-state index in [2.05, 4.69) is 0 Å². The van der Waals surface area contributed by atoms with Gasteiger partial charge in [-0.05, 0) is 82.6 Å². The van der Waals surface area contributed by atoms with Crippen LogP contribution in [0.15, 0.2) is 30.0 Å². The average molecular weight is 436 g/mol. The van der Waals surface area contributed by atoms with Crippen LogP contribution in [0.5, 0.6) is 0 Å². The summed E-state index contributed by atoms with van der Waals surface area (Å²) in [4.78, 5) is 30.7. The van der Waals surface area contributed by atoms with Crippen LogP contribution in [-0.2, 0) is 9.53 Å². The molecule has 0 aliphatic carbocycles. The fourth-order valence-electron chi connectivity index (χ4n) is 3.56. The van der Waals surface area contributed by atoms with Gasteiger partial charge in [-0.3, -0.25) is 9.69 Å². The van der Waals surface area contributed by atoms with E-state index in [1.807, 2.05) is 33.8 Å². The highest BCUT2D eigenvalue weighted by Crippen LogP contribution is 2.32. The Morgan fingerprint density at radius 2 is 2.03 bits per heavy atom. The molecule has 2 fully saturated rings. The number of anilines is 1. The van der Waals surface area contributed by atoms with Gasteiger partial charge in [0.05, 0.1) is 11.7 Å². The third-order valence-electron chi connectivity index (χ3n) is 4.94. The second-order valence-corrected chi connectivity index (χ2v) is 9.15. The molecule has 1 unspecified atom stereocenters. The number of carbonyl (C=O) groups excluding carboxylic acids is 2. The molecule has 2 aliphatic rings. The number of hydrogen-bond acceptors (Lipinski definition) is 4. The summed E-state index contributed by atoms with van der Waals surface area (Å²) >= 11 is 11.6. The molecule has 6 nitrogen and oxygen atoms in total. The largest absolute Gasteiger partial charge is 0.444 e. The number of nitrogens with zero attached hydrogens (tertiary/aromatic N) is 3. The van der Waals surface area contributed by atoms with Gasteiger partial charge in [-0.25, -0.2) is 4.79 Å². The van der Waals surface area contributed by atoms with Crippen LogP contribution in [0.2, 0.25) is 5.02 Å². The third-order valence-corrected chi connectivity index (χ3v) is 5.63. The number of likely N-dealkylation sites (tertiary alicyclic amines) is 1. The SMILES string of the molecule is Cc1cc(Cl)ccc1N1C(=O)/C(=C\C2CCCN2C(=O)OC(C)(C)C)N(C)C1=S. The number of aryl methyl sites for hydroxylation is 1. The zero-order valence-corrected chi connectivity index (χ0v) is 18.9. The first-order valence-corrected chi connectivity index (χ1v) is 10.4. The number of hydrogen-bond donors (Lipinski definition) is 0. The van der Waals surface area contributed by atoms with Gasteiger partial charge >= 0.3 is 6.09 Å². The van der Waals surface area contributed by atoms with Crippen LogP contribution in [-0.4, -0.2) is 52.1 Å². The molecule has 2 amide bonds. The normalized spacial score (nSPS) is 21.5. The quantitative estimate of drug-likeness (QED) is 0.505. The maximum absolute atomic E-state index is 13.2. The van der Waals surface area contributed by atoms with Crippen molar-refractivity contribution in [3.8, 4) is 0 Å². The number of benzene rings is 1. The summed E-state index contributed by atoms with van der Waals surface area (Å²) in [6, 6.07) is 5.12. The number of ether oxygens (including phenoxy) is 1. The molecule has 1 aromatic rings. The number of amides is 2. The van der Waals surface area contributed by atoms with E-state index in [0.29, 0.717) is 28.1 Å². The van der Waals surface area contributed by atoms with Gasteiger partial charge in [0, 0.05) is 18.6 Å². The predicted octanol–water partition coefficient (Wildman–Crippen LogP) is 4.50. The molecule has 1 aromatic carbocycles. The molecule has 2 aliphatic heterocycles. The molecule has 2 saturated heterocycles. The molecular formula is C21H26ClN3O3S. The Kier molecular flexibility index (Phi) is 5.92. The summed E-state index contributed by atoms with van der Waals surface area (Å²) in [7, 11) is 1.77. The number of carbonyl (C=O) groups is 2. The van der Waals surface area contributed by atoms with Gasteiger partial charge in [0.1, 0.15) is 11.3 Å². The molecule has 0 bridgehead atoms. The highest BCUT2D eigenvalue weighted by atomic mass is 35.5. The third kappa shape index (κ3) is 4.41. The van der Waals surface area contributed by atoms with E-state index in [9.17, 15) is 9.59 Å². The summed E-state index contributed by atoms with van der Waals surface area (Å²) in [5.74, 6) is -0.209. The first kappa shape index (κ1) is 21.6. The van der Waals surface area contributed by atoms with Gasteiger partial charge in [0.25, 0.3) is 5.91 Å². The van der Waals surface area contributed by atoms with Gasteiger partial charge in [0.2, 0.25) is 0 Å². The van der Waals surface area contributed by atoms with Gasteiger partial charge in [-0.2, -0.15) is 0 Å². The topological polar surface area (TPSA) is 53.1 Å². The summed E-state index contributed by atoms with van der Waals surface area (Å²) in [5.41, 5.74) is 1.46. The lowest BCUT2D eigenvalue weighted by atomic mass is 10.1. The van der Waals surface area contributed by atoms with Crippen LogP contribution < -0.4 is 4.90 Å². The second-order valence-electron chi connectivity index (χ2n) is 8.35. The predicted molar refractivity (Wildman–Crippen MR) is 118 cm³/mol. The molecule has 0 spiro atoms. The van der Waals surface area contributed by atoms with Crippen molar-refractivity contribution in [2.75, 3.05) is 18.5 Å². The van der Waals surface area contributed by atoms with Crippen LogP contribution in [0.25, 0.3) is 0 Å². The van der Waals surface area contributed by atoms with Gasteiger partial charge in [-0.15, -0.1) is 0 Å². The highest BCUT2D eigenvalue weighted by molar-refractivity contribution is 7.80. The first-order chi connectivity index (χ1) is 13.5. The number of likely N-dealkylation sites (N-methyl/N-ethyl adjacent to an activating group) is 1. The highest BCUT2D eigenvalue weighted by Gasteiger charge is 2.40. The Morgan fingerprint density at radius 1 is 1.34 bits per heavy atom. The average Bonchev–Trinajstić information content (AvgIpc) is 3.14. The molecule has 8 heteroatoms. The Bertz CT molecular complexity index is 894. The van der Waals surface area contributed by atoms with Crippen molar-refractivity contribution in [1.29, 1.82) is 0 Å². The lowest BCUT2D eigenvalue weighted by Gasteiger charge is -2.27. The van der Waals surface area contributed by atoms with E-state index in [0.717, 1.165) is 18.4 Å². The van der Waals surface area contributed by atoms with Crippen LogP contribution in [0, 0.1) is 6.92 Å². The van der Waals surface area contributed by atoms with E-state index in [-0.39, 0.29) is 18.0 Å². The van der Waals surface area contributed by atoms with Crippen molar-refractivity contribution in [2.45, 2.75) is 52.2 Å². The Labute approximate surface area is 182 Å². The summed E-state index contributed by atoms with van der Waals surface area (Å²) in [5, 5.41) is 1.00. The molecule has 0 saturated carbocycles. The van der Waals surface area contributed by atoms with Crippen LogP contribution in [0.3, 0.4) is 0 Å². The molecule has 0 aromatic heterocycles. The minimum atomic E-state index is -0.568. The van der Waals surface area contributed by atoms with Crippen molar-refractivity contribution in [3.63, 3.8) is 0 Å². The molecule has 0 radical (unpaired) electrons. The van der Waals surface area contributed by atoms with E-state index < -0.39 is 5.60 Å².